The number of methoxy groups -OCH3 is 2. The summed E-state index contributed by atoms with van der Waals surface area (Å²) in [5, 5.41) is 5.49. The highest BCUT2D eigenvalue weighted by atomic mass is 16.5. The maximum atomic E-state index is 13.9. The van der Waals surface area contributed by atoms with E-state index in [1.165, 1.54) is 14.2 Å². The molecule has 4 aromatic heterocycles. The van der Waals surface area contributed by atoms with Crippen LogP contribution in [-0.2, 0) is 19.1 Å². The van der Waals surface area contributed by atoms with Crippen molar-refractivity contribution in [3.8, 4) is 22.3 Å². The molecular formula is C46H50N10O6. The number of H-pyrrole nitrogens is 2. The van der Waals surface area contributed by atoms with E-state index in [2.05, 4.69) is 32.7 Å². The van der Waals surface area contributed by atoms with Crippen molar-refractivity contribution in [2.45, 2.75) is 89.6 Å². The normalized spacial score (nSPS) is 23.4. The molecule has 2 aliphatic heterocycles. The molecule has 2 saturated heterocycles. The van der Waals surface area contributed by atoms with Crippen molar-refractivity contribution in [1.82, 2.24) is 50.3 Å². The number of likely N-dealkylation sites (tertiary alicyclic amines) is 2. The summed E-state index contributed by atoms with van der Waals surface area (Å²) in [4.78, 5) is 82.4. The Bertz CT molecular complexity index is 2590. The lowest BCUT2D eigenvalue weighted by Gasteiger charge is -2.31. The average Bonchev–Trinajstić information content (AvgIpc) is 3.93. The van der Waals surface area contributed by atoms with Gasteiger partial charge >= 0.3 is 12.2 Å². The molecule has 6 heterocycles. The highest BCUT2D eigenvalue weighted by Crippen LogP contribution is 2.54. The number of aromatic amines is 2. The van der Waals surface area contributed by atoms with Crippen LogP contribution in [0.25, 0.3) is 55.4 Å². The SMILES string of the molecule is COC(=O)N[C@H](C(=O)N1[C@@H]2C[C@@H]2C[C@H]1c1nc2ccc(-c3cnc4cc(-c5ccc6nc([C@@H]7C[C@H]8C[C@H]8N7C(=O)[C@@H](NC(=O)OC)C(C)C)[nH]c6c5)cnc4c3)cc2[nH]1)C(C)C. The Morgan fingerprint density at radius 3 is 1.40 bits per heavy atom. The third-order valence-corrected chi connectivity index (χ3v) is 13.3. The van der Waals surface area contributed by atoms with E-state index in [0.29, 0.717) is 11.8 Å². The number of benzene rings is 2. The number of nitrogens with one attached hydrogen (secondary N) is 4. The molecule has 2 aliphatic carbocycles. The Morgan fingerprint density at radius 1 is 0.597 bits per heavy atom. The maximum absolute atomic E-state index is 13.9. The first-order valence-electron chi connectivity index (χ1n) is 21.5. The van der Waals surface area contributed by atoms with Crippen LogP contribution in [0.15, 0.2) is 60.9 Å². The Hall–Kier alpha value is -6.58. The number of ether oxygens (including phenoxy) is 2. The molecule has 62 heavy (non-hydrogen) atoms. The monoisotopic (exact) mass is 838 g/mol. The third kappa shape index (κ3) is 6.94. The van der Waals surface area contributed by atoms with Gasteiger partial charge in [-0.2, -0.15) is 0 Å². The number of carbonyl (C=O) groups excluding carboxylic acids is 4. The van der Waals surface area contributed by atoms with Crippen molar-refractivity contribution in [1.29, 1.82) is 0 Å². The van der Waals surface area contributed by atoms with Gasteiger partial charge in [0.2, 0.25) is 11.8 Å². The number of nitrogens with zero attached hydrogens (tertiary/aromatic N) is 6. The molecule has 4 N–H and O–H groups in total. The molecule has 320 valence electrons. The number of aromatic nitrogens is 6. The fraction of sp³-hybridized carbons (Fsp3) is 0.435. The second-order valence-corrected chi connectivity index (χ2v) is 18.0. The molecule has 16 nitrogen and oxygen atoms in total. The molecule has 0 unspecified atom stereocenters. The number of rotatable bonds is 10. The maximum Gasteiger partial charge on any atom is 0.407 e. The summed E-state index contributed by atoms with van der Waals surface area (Å²) < 4.78 is 9.63. The summed E-state index contributed by atoms with van der Waals surface area (Å²) in [6.45, 7) is 7.67. The van der Waals surface area contributed by atoms with Crippen LogP contribution in [0.4, 0.5) is 9.59 Å². The highest BCUT2D eigenvalue weighted by molar-refractivity contribution is 5.90. The number of pyridine rings is 2. The molecule has 6 aromatic rings. The number of hydrogen-bond donors (Lipinski definition) is 4. The van der Waals surface area contributed by atoms with Gasteiger partial charge < -0.3 is 39.9 Å². The van der Waals surface area contributed by atoms with Crippen LogP contribution in [0, 0.1) is 23.7 Å². The van der Waals surface area contributed by atoms with E-state index in [1.54, 1.807) is 0 Å². The molecule has 4 fully saturated rings. The number of amides is 4. The van der Waals surface area contributed by atoms with Gasteiger partial charge in [-0.05, 0) is 96.9 Å². The van der Waals surface area contributed by atoms with Crippen molar-refractivity contribution in [2.24, 2.45) is 23.7 Å². The van der Waals surface area contributed by atoms with E-state index in [4.69, 9.17) is 29.4 Å². The van der Waals surface area contributed by atoms with E-state index < -0.39 is 24.3 Å². The molecule has 16 heteroatoms. The first-order chi connectivity index (χ1) is 29.9. The Morgan fingerprint density at radius 2 is 1.02 bits per heavy atom. The zero-order chi connectivity index (χ0) is 43.1. The number of imidazole rings is 2. The standard InChI is InChI=1S/C46H50N10O6/c1-21(2)39(53-45(59)61-5)43(57)55-35-15-25(35)17-37(55)41-49-29-9-7-23(11-33(29)51-41)27-13-31-32(47-19-27)14-28(20-48-31)24-8-10-30-34(12-24)52-42(50-30)38-18-26-16-36(26)56(38)44(58)40(22(3)4)54-46(60)62-6/h7-14,19-22,25-26,35-40H,15-18H2,1-6H3,(H,49,51)(H,50,52)(H,53,59)(H,54,60)/t25-,26-,35-,36-,37+,38+,39+,40+/m1/s1. The number of piperidine rings is 2. The first kappa shape index (κ1) is 39.5. The van der Waals surface area contributed by atoms with Crippen LogP contribution in [0.5, 0.6) is 0 Å². The molecule has 2 saturated carbocycles. The summed E-state index contributed by atoms with van der Waals surface area (Å²) in [7, 11) is 2.60. The molecular weight excluding hydrogens is 789 g/mol. The zero-order valence-electron chi connectivity index (χ0n) is 35.5. The minimum absolute atomic E-state index is 0.111. The molecule has 8 atom stereocenters. The van der Waals surface area contributed by atoms with Crippen LogP contribution in [0.2, 0.25) is 0 Å². The Labute approximate surface area is 357 Å². The van der Waals surface area contributed by atoms with Gasteiger partial charge in [0.05, 0.1) is 59.4 Å². The van der Waals surface area contributed by atoms with E-state index in [1.807, 2.05) is 86.3 Å². The fourth-order valence-corrected chi connectivity index (χ4v) is 9.81. The summed E-state index contributed by atoms with van der Waals surface area (Å²) in [6, 6.07) is 14.7. The van der Waals surface area contributed by atoms with Gasteiger partial charge in [0, 0.05) is 35.6 Å². The molecule has 0 spiro atoms. The summed E-state index contributed by atoms with van der Waals surface area (Å²) in [6.07, 6.45) is 6.04. The van der Waals surface area contributed by atoms with Gasteiger partial charge in [-0.25, -0.2) is 19.6 Å². The summed E-state index contributed by atoms with van der Waals surface area (Å²) >= 11 is 0. The Balaban J connectivity index is 0.868. The van der Waals surface area contributed by atoms with Crippen molar-refractivity contribution in [3.63, 3.8) is 0 Å². The number of hydrogen-bond acceptors (Lipinski definition) is 10. The van der Waals surface area contributed by atoms with Crippen molar-refractivity contribution < 1.29 is 28.7 Å². The Kier molecular flexibility index (Phi) is 9.63. The minimum atomic E-state index is -0.694. The topological polar surface area (TPSA) is 200 Å². The smallest absolute Gasteiger partial charge is 0.407 e. The zero-order valence-corrected chi connectivity index (χ0v) is 35.5. The lowest BCUT2D eigenvalue weighted by molar-refractivity contribution is -0.137. The van der Waals surface area contributed by atoms with Crippen LogP contribution in [0.3, 0.4) is 0 Å². The second-order valence-electron chi connectivity index (χ2n) is 18.0. The predicted octanol–water partition coefficient (Wildman–Crippen LogP) is 6.80. The van der Waals surface area contributed by atoms with Crippen molar-refractivity contribution in [2.75, 3.05) is 14.2 Å². The minimum Gasteiger partial charge on any atom is -0.453 e. The van der Waals surface area contributed by atoms with Crippen molar-refractivity contribution in [3.05, 3.63) is 72.6 Å². The van der Waals surface area contributed by atoms with Crippen LogP contribution in [-0.4, -0.2) is 102 Å². The molecule has 4 amide bonds. The van der Waals surface area contributed by atoms with E-state index in [9.17, 15) is 19.2 Å². The first-order valence-corrected chi connectivity index (χ1v) is 21.5. The fourth-order valence-electron chi connectivity index (χ4n) is 9.81. The number of alkyl carbamates (subject to hydrolysis) is 2. The van der Waals surface area contributed by atoms with Gasteiger partial charge in [-0.3, -0.25) is 19.6 Å². The lowest BCUT2D eigenvalue weighted by atomic mass is 10.0. The number of carbonyl (C=O) groups is 4. The lowest BCUT2D eigenvalue weighted by Crippen LogP contribution is -2.52. The van der Waals surface area contributed by atoms with Gasteiger partial charge in [-0.1, -0.05) is 39.8 Å². The molecule has 0 bridgehead atoms. The quantitative estimate of drug-likeness (QED) is 0.114. The summed E-state index contributed by atoms with van der Waals surface area (Å²) in [5.74, 6) is 1.89. The molecule has 2 aromatic carbocycles. The average molecular weight is 839 g/mol. The van der Waals surface area contributed by atoms with Gasteiger partial charge in [0.15, 0.2) is 0 Å². The number of fused-ring (bicyclic) bond motifs is 5. The van der Waals surface area contributed by atoms with Crippen LogP contribution < -0.4 is 10.6 Å². The van der Waals surface area contributed by atoms with E-state index >= 15 is 0 Å². The largest absolute Gasteiger partial charge is 0.453 e. The predicted molar refractivity (Wildman–Crippen MR) is 230 cm³/mol. The second kappa shape index (κ2) is 15.1. The summed E-state index contributed by atoms with van der Waals surface area (Å²) in [5.41, 5.74) is 8.58. The molecule has 0 radical (unpaired) electrons. The van der Waals surface area contributed by atoms with Crippen LogP contribution >= 0.6 is 0 Å². The van der Waals surface area contributed by atoms with Gasteiger partial charge in [-0.15, -0.1) is 0 Å². The van der Waals surface area contributed by atoms with Crippen LogP contribution in [0.1, 0.15) is 77.1 Å². The third-order valence-electron chi connectivity index (χ3n) is 13.3. The van der Waals surface area contributed by atoms with Gasteiger partial charge in [0.1, 0.15) is 23.7 Å². The van der Waals surface area contributed by atoms with E-state index in [0.717, 1.165) is 92.7 Å². The highest BCUT2D eigenvalue weighted by Gasteiger charge is 2.57. The van der Waals surface area contributed by atoms with Crippen molar-refractivity contribution >= 4 is 57.1 Å². The van der Waals surface area contributed by atoms with Gasteiger partial charge in [0.25, 0.3) is 0 Å². The van der Waals surface area contributed by atoms with E-state index in [-0.39, 0.29) is 47.8 Å². The molecule has 4 aliphatic rings. The molecule has 10 rings (SSSR count).